The van der Waals surface area contributed by atoms with Crippen LogP contribution < -0.4 is 30.6 Å². The molecule has 3 aromatic carbocycles. The number of nitrogens with one attached hydrogen (secondary N) is 2. The lowest BCUT2D eigenvalue weighted by molar-refractivity contribution is -0.147. The lowest BCUT2D eigenvalue weighted by Gasteiger charge is -2.17. The van der Waals surface area contributed by atoms with Crippen molar-refractivity contribution < 1.29 is 47.9 Å². The molecule has 0 bridgehead atoms. The second kappa shape index (κ2) is 16.8. The largest absolute Gasteiger partial charge is 0.493 e. The molecule has 1 heterocycles. The van der Waals surface area contributed by atoms with Crippen LogP contribution in [0.1, 0.15) is 25.7 Å². The van der Waals surface area contributed by atoms with E-state index in [2.05, 4.69) is 15.6 Å². The third-order valence-corrected chi connectivity index (χ3v) is 8.61. The molecule has 1 fully saturated rings. The molecule has 0 saturated heterocycles. The number of ether oxygens (including phenoxy) is 4. The normalized spacial score (nSPS) is 13.7. The molecule has 1 unspecified atom stereocenters. The van der Waals surface area contributed by atoms with Crippen LogP contribution in [0.4, 0.5) is 15.8 Å². The van der Waals surface area contributed by atoms with Crippen LogP contribution in [-0.2, 0) is 19.1 Å². The maximum absolute atomic E-state index is 13.2. The fourth-order valence-corrected chi connectivity index (χ4v) is 5.28. The minimum Gasteiger partial charge on any atom is -0.493 e. The Balaban J connectivity index is 1.19. The van der Waals surface area contributed by atoms with Gasteiger partial charge in [0, 0.05) is 34.9 Å². The molecule has 5 rings (SSSR count). The number of esters is 1. The number of hydrogen-bond acceptors (Lipinski definition) is 11. The molecule has 1 aliphatic rings. The number of aliphatic hydroxyl groups is 2. The van der Waals surface area contributed by atoms with Crippen LogP contribution in [0.3, 0.4) is 0 Å². The van der Waals surface area contributed by atoms with Gasteiger partial charge in [0.15, 0.2) is 11.5 Å². The highest BCUT2D eigenvalue weighted by Crippen LogP contribution is 2.48. The van der Waals surface area contributed by atoms with Crippen LogP contribution in [0.2, 0.25) is 5.02 Å². The first-order valence-electron chi connectivity index (χ1n) is 16.2. The van der Waals surface area contributed by atoms with E-state index >= 15 is 0 Å². The number of carbonyl (C=O) groups excluding carboxylic acids is 3. The van der Waals surface area contributed by atoms with Crippen LogP contribution >= 0.6 is 11.6 Å². The summed E-state index contributed by atoms with van der Waals surface area (Å²) in [5.41, 5.74) is 5.99. The average Bonchev–Trinajstić information content (AvgIpc) is 3.95. The topological polar surface area (TPSA) is 192 Å². The molecule has 1 atom stereocenters. The van der Waals surface area contributed by atoms with Gasteiger partial charge in [-0.25, -0.2) is 4.39 Å². The van der Waals surface area contributed by atoms with Crippen molar-refractivity contribution in [3.63, 3.8) is 0 Å². The second-order valence-corrected chi connectivity index (χ2v) is 12.4. The molecular weight excluding hydrogens is 687 g/mol. The maximum atomic E-state index is 13.2. The van der Waals surface area contributed by atoms with Crippen LogP contribution in [0.15, 0.2) is 66.9 Å². The van der Waals surface area contributed by atoms with E-state index in [-0.39, 0.29) is 37.9 Å². The van der Waals surface area contributed by atoms with Gasteiger partial charge in [-0.1, -0.05) is 11.6 Å². The number of fused-ring (bicyclic) bond motifs is 1. The van der Waals surface area contributed by atoms with Gasteiger partial charge in [0.1, 0.15) is 28.8 Å². The van der Waals surface area contributed by atoms with Gasteiger partial charge < -0.3 is 45.5 Å². The summed E-state index contributed by atoms with van der Waals surface area (Å²) >= 11 is 6.56. The first kappa shape index (κ1) is 37.2. The summed E-state index contributed by atoms with van der Waals surface area (Å²) in [6, 6.07) is 14.2. The lowest BCUT2D eigenvalue weighted by Crippen LogP contribution is -2.35. The number of benzene rings is 3. The van der Waals surface area contributed by atoms with E-state index in [1.807, 2.05) is 0 Å². The number of rotatable bonds is 17. The third kappa shape index (κ3) is 9.21. The van der Waals surface area contributed by atoms with Crippen molar-refractivity contribution in [3.8, 4) is 23.0 Å². The highest BCUT2D eigenvalue weighted by molar-refractivity contribution is 6.32. The lowest BCUT2D eigenvalue weighted by atomic mass is 10.0. The van der Waals surface area contributed by atoms with Gasteiger partial charge in [-0.05, 0) is 80.3 Å². The van der Waals surface area contributed by atoms with E-state index in [9.17, 15) is 18.8 Å². The Morgan fingerprint density at radius 2 is 1.63 bits per heavy atom. The molecule has 15 heteroatoms. The Kier molecular flexibility index (Phi) is 12.3. The number of carbonyl (C=O) groups is 3. The number of methoxy groups -OCH3 is 1. The van der Waals surface area contributed by atoms with Crippen LogP contribution in [0.25, 0.3) is 10.9 Å². The molecule has 0 radical (unpaired) electrons. The van der Waals surface area contributed by atoms with Gasteiger partial charge in [0.2, 0.25) is 11.8 Å². The van der Waals surface area contributed by atoms with Gasteiger partial charge in [-0.2, -0.15) is 0 Å². The summed E-state index contributed by atoms with van der Waals surface area (Å²) < 4.78 is 35.9. The molecule has 51 heavy (non-hydrogen) atoms. The molecule has 0 spiro atoms. The van der Waals surface area contributed by atoms with Gasteiger partial charge in [-0.15, -0.1) is 0 Å². The smallest absolute Gasteiger partial charge is 0.322 e. The van der Waals surface area contributed by atoms with Crippen molar-refractivity contribution in [2.75, 3.05) is 44.2 Å². The number of aromatic nitrogens is 1. The Morgan fingerprint density at radius 3 is 2.27 bits per heavy atom. The molecule has 2 amide bonds. The van der Waals surface area contributed by atoms with Crippen molar-refractivity contribution in [2.24, 2.45) is 17.1 Å². The Hall–Kier alpha value is -5.02. The number of pyridine rings is 1. The summed E-state index contributed by atoms with van der Waals surface area (Å²) in [4.78, 5) is 42.6. The highest BCUT2D eigenvalue weighted by Gasteiger charge is 2.56. The predicted octanol–water partition coefficient (Wildman–Crippen LogP) is 4.82. The predicted molar refractivity (Wildman–Crippen MR) is 186 cm³/mol. The molecule has 270 valence electrons. The quantitative estimate of drug-likeness (QED) is 0.0570. The van der Waals surface area contributed by atoms with E-state index < -0.39 is 41.0 Å². The van der Waals surface area contributed by atoms with Crippen LogP contribution in [0.5, 0.6) is 23.0 Å². The first-order chi connectivity index (χ1) is 24.6. The van der Waals surface area contributed by atoms with Crippen molar-refractivity contribution in [2.45, 2.75) is 31.7 Å². The summed E-state index contributed by atoms with van der Waals surface area (Å²) in [6.07, 6.45) is 3.01. The molecule has 0 aliphatic heterocycles. The van der Waals surface area contributed by atoms with Gasteiger partial charge in [0.25, 0.3) is 0 Å². The van der Waals surface area contributed by atoms with Gasteiger partial charge >= 0.3 is 5.97 Å². The Morgan fingerprint density at radius 1 is 0.941 bits per heavy atom. The van der Waals surface area contributed by atoms with Gasteiger partial charge in [0.05, 0.1) is 44.1 Å². The number of amides is 2. The minimum atomic E-state index is -1.24. The van der Waals surface area contributed by atoms with Crippen molar-refractivity contribution in [1.82, 2.24) is 4.98 Å². The van der Waals surface area contributed by atoms with Gasteiger partial charge in [-0.3, -0.25) is 19.4 Å². The third-order valence-electron chi connectivity index (χ3n) is 8.32. The molecular formula is C36H38ClFN4O9. The Bertz CT molecular complexity index is 1870. The van der Waals surface area contributed by atoms with Crippen molar-refractivity contribution in [1.29, 1.82) is 0 Å². The second-order valence-electron chi connectivity index (χ2n) is 12.0. The van der Waals surface area contributed by atoms with Crippen LogP contribution in [-0.4, -0.2) is 72.6 Å². The number of nitrogens with two attached hydrogens (primary N) is 1. The molecule has 6 N–H and O–H groups in total. The number of halogens is 2. The number of anilines is 2. The minimum absolute atomic E-state index is 0.122. The zero-order valence-electron chi connectivity index (χ0n) is 27.7. The van der Waals surface area contributed by atoms with Crippen LogP contribution in [0, 0.1) is 17.2 Å². The molecule has 1 saturated carbocycles. The Labute approximate surface area is 297 Å². The van der Waals surface area contributed by atoms with E-state index in [0.717, 1.165) is 0 Å². The summed E-state index contributed by atoms with van der Waals surface area (Å²) in [5, 5.41) is 24.5. The first-order valence-corrected chi connectivity index (χ1v) is 16.5. The number of aliphatic hydroxyl groups excluding tert-OH is 2. The molecule has 1 aromatic heterocycles. The zero-order chi connectivity index (χ0) is 36.5. The number of nitrogens with zero attached hydrogens (tertiary/aromatic N) is 1. The summed E-state index contributed by atoms with van der Waals surface area (Å²) in [6.45, 7) is -0.522. The van der Waals surface area contributed by atoms with E-state index in [1.54, 1.807) is 36.5 Å². The fraction of sp³-hybridized carbons (Fsp3) is 0.333. The highest BCUT2D eigenvalue weighted by atomic mass is 35.5. The summed E-state index contributed by atoms with van der Waals surface area (Å²) in [5.74, 6) is -1.02. The molecule has 1 aliphatic carbocycles. The SMILES string of the molecule is COc1cc2c(Oc3ccc(NC(=O)C4(C(=O)Nc5ccc(F)cc5)CC4)cc3Cl)ccnc2cc1OCCCC(N)C(=O)OCC(CO)CO. The average molecular weight is 725 g/mol. The monoisotopic (exact) mass is 724 g/mol. The maximum Gasteiger partial charge on any atom is 0.322 e. The molecule has 4 aromatic rings. The standard InChI is InChI=1S/C36H38ClFN4O9/c1-48-31-16-25-28(17-32(31)49-14-2-3-27(39)33(45)50-20-21(18-43)19-44)40-13-10-29(25)51-30-9-8-24(15-26(30)37)42-35(47)36(11-12-36)34(46)41-23-6-4-22(38)5-7-23/h4-10,13,15-17,21,27,43-44H,2-3,11-12,14,18-20,39H2,1H3,(H,41,46)(H,42,47). The van der Waals surface area contributed by atoms with E-state index in [1.165, 1.54) is 37.4 Å². The van der Waals surface area contributed by atoms with Crippen molar-refractivity contribution in [3.05, 3.63) is 77.7 Å². The zero-order valence-corrected chi connectivity index (χ0v) is 28.5. The van der Waals surface area contributed by atoms with E-state index in [0.29, 0.717) is 64.5 Å². The van der Waals surface area contributed by atoms with E-state index in [4.69, 9.17) is 46.5 Å². The number of hydrogen-bond donors (Lipinski definition) is 5. The van der Waals surface area contributed by atoms with Crippen molar-refractivity contribution >= 4 is 51.7 Å². The summed E-state index contributed by atoms with van der Waals surface area (Å²) in [7, 11) is 1.49. The fourth-order valence-electron chi connectivity index (χ4n) is 5.06. The molecule has 13 nitrogen and oxygen atoms in total.